The van der Waals surface area contributed by atoms with E-state index in [0.29, 0.717) is 18.3 Å². The summed E-state index contributed by atoms with van der Waals surface area (Å²) in [5, 5.41) is 1.82. The van der Waals surface area contributed by atoms with Gasteiger partial charge in [-0.1, -0.05) is 36.8 Å². The highest BCUT2D eigenvalue weighted by Crippen LogP contribution is 2.31. The number of nitrogens with one attached hydrogen (secondary N) is 1. The van der Waals surface area contributed by atoms with Gasteiger partial charge < -0.3 is 4.74 Å². The summed E-state index contributed by atoms with van der Waals surface area (Å²) in [5.41, 5.74) is 6.45. The van der Waals surface area contributed by atoms with Gasteiger partial charge in [0.15, 0.2) is 0 Å². The number of hydrazine groups is 1. The summed E-state index contributed by atoms with van der Waals surface area (Å²) in [4.78, 5) is 0. The summed E-state index contributed by atoms with van der Waals surface area (Å²) in [5.74, 6) is 0.745. The van der Waals surface area contributed by atoms with Crippen molar-refractivity contribution >= 4 is 15.7 Å². The first-order valence-corrected chi connectivity index (χ1v) is 12.0. The van der Waals surface area contributed by atoms with Gasteiger partial charge in [0.1, 0.15) is 5.75 Å². The topological polar surface area (TPSA) is 61.9 Å². The largest absolute Gasteiger partial charge is 0.496 e. The van der Waals surface area contributed by atoms with Crippen LogP contribution in [0, 0.1) is 0 Å². The first-order chi connectivity index (χ1) is 14.3. The van der Waals surface area contributed by atoms with E-state index in [9.17, 15) is 8.42 Å². The first kappa shape index (κ1) is 22.6. The van der Waals surface area contributed by atoms with Crippen LogP contribution in [0.25, 0.3) is 0 Å². The number of sulfonamides is 1. The maximum atomic E-state index is 12.6. The number of ether oxygens (including phenoxy) is 1. The van der Waals surface area contributed by atoms with Crippen molar-refractivity contribution in [2.75, 3.05) is 25.0 Å². The molecule has 0 aliphatic carbocycles. The van der Waals surface area contributed by atoms with E-state index in [-0.39, 0.29) is 0 Å². The van der Waals surface area contributed by atoms with Crippen LogP contribution in [0.4, 0.5) is 5.69 Å². The molecule has 0 amide bonds. The van der Waals surface area contributed by atoms with E-state index in [2.05, 4.69) is 34.7 Å². The molecule has 1 fully saturated rings. The lowest BCUT2D eigenvalue weighted by molar-refractivity contribution is 0.0822. The van der Waals surface area contributed by atoms with Crippen molar-refractivity contribution in [2.24, 2.45) is 0 Å². The monoisotopic (exact) mass is 431 g/mol. The van der Waals surface area contributed by atoms with Crippen molar-refractivity contribution in [3.8, 4) is 5.75 Å². The molecule has 0 aromatic heterocycles. The molecule has 2 aromatic carbocycles. The molecule has 1 N–H and O–H groups in total. The minimum atomic E-state index is -3.38. The molecule has 1 saturated heterocycles. The van der Waals surface area contributed by atoms with Crippen LogP contribution < -0.4 is 14.5 Å². The van der Waals surface area contributed by atoms with E-state index in [0.717, 1.165) is 30.7 Å². The Balaban J connectivity index is 1.80. The molecule has 30 heavy (non-hydrogen) atoms. The van der Waals surface area contributed by atoms with Crippen LogP contribution in [0.15, 0.2) is 48.5 Å². The zero-order valence-corrected chi connectivity index (χ0v) is 19.2. The average Bonchev–Trinajstić information content (AvgIpc) is 2.77. The van der Waals surface area contributed by atoms with E-state index in [4.69, 9.17) is 4.74 Å². The number of hydrogen-bond acceptors (Lipinski definition) is 5. The van der Waals surface area contributed by atoms with E-state index in [1.165, 1.54) is 16.3 Å². The van der Waals surface area contributed by atoms with Gasteiger partial charge in [0.05, 0.1) is 18.0 Å². The molecule has 0 radical (unpaired) electrons. The van der Waals surface area contributed by atoms with Crippen LogP contribution >= 0.6 is 0 Å². The molecule has 3 rings (SSSR count). The summed E-state index contributed by atoms with van der Waals surface area (Å²) in [6.07, 6.45) is 3.49. The highest BCUT2D eigenvalue weighted by Gasteiger charge is 2.25. The number of nitrogens with zero attached hydrogens (tertiary/aromatic N) is 2. The number of hydrogen-bond donors (Lipinski definition) is 1. The lowest BCUT2D eigenvalue weighted by Crippen LogP contribution is -2.43. The summed E-state index contributed by atoms with van der Waals surface area (Å²) in [7, 11) is -0.144. The van der Waals surface area contributed by atoms with Crippen LogP contribution in [0.3, 0.4) is 0 Å². The molecule has 0 bridgehead atoms. The zero-order valence-electron chi connectivity index (χ0n) is 18.3. The second kappa shape index (κ2) is 9.81. The number of piperidine rings is 1. The molecule has 7 heteroatoms. The quantitative estimate of drug-likeness (QED) is 0.682. The minimum Gasteiger partial charge on any atom is -0.496 e. The summed E-state index contributed by atoms with van der Waals surface area (Å²) < 4.78 is 32.0. The van der Waals surface area contributed by atoms with Crippen LogP contribution in [-0.4, -0.2) is 39.4 Å². The Labute approximate surface area is 180 Å². The Bertz CT molecular complexity index is 932. The molecule has 6 nitrogen and oxygen atoms in total. The van der Waals surface area contributed by atoms with E-state index < -0.39 is 15.3 Å². The lowest BCUT2D eigenvalue weighted by Gasteiger charge is -2.36. The number of methoxy groups -OCH3 is 1. The van der Waals surface area contributed by atoms with Crippen LogP contribution in [0.1, 0.15) is 50.3 Å². The number of anilines is 1. The van der Waals surface area contributed by atoms with Crippen molar-refractivity contribution in [2.45, 2.75) is 50.9 Å². The van der Waals surface area contributed by atoms with Gasteiger partial charge in [-0.2, -0.15) is 0 Å². The van der Waals surface area contributed by atoms with Gasteiger partial charge in [-0.05, 0) is 50.5 Å². The number of rotatable bonds is 8. The van der Waals surface area contributed by atoms with Gasteiger partial charge in [0.25, 0.3) is 0 Å². The average molecular weight is 432 g/mol. The highest BCUT2D eigenvalue weighted by molar-refractivity contribution is 7.93. The molecule has 1 aliphatic rings. The van der Waals surface area contributed by atoms with Crippen molar-refractivity contribution in [3.05, 3.63) is 59.7 Å². The maximum Gasteiger partial charge on any atom is 0.237 e. The normalized spacial score (nSPS) is 17.8. The molecule has 1 unspecified atom stereocenters. The highest BCUT2D eigenvalue weighted by atomic mass is 32.2. The van der Waals surface area contributed by atoms with Crippen molar-refractivity contribution in [1.82, 2.24) is 10.4 Å². The third-order valence-corrected chi connectivity index (χ3v) is 7.93. The fourth-order valence-electron chi connectivity index (χ4n) is 3.89. The van der Waals surface area contributed by atoms with Gasteiger partial charge in [-0.3, -0.25) is 9.73 Å². The third-order valence-electron chi connectivity index (χ3n) is 5.76. The summed E-state index contributed by atoms with van der Waals surface area (Å²) in [6, 6.07) is 16.4. The van der Waals surface area contributed by atoms with Crippen LogP contribution in [0.5, 0.6) is 5.75 Å². The summed E-state index contributed by atoms with van der Waals surface area (Å²) >= 11 is 0. The molecular weight excluding hydrogens is 398 g/mol. The standard InChI is InChI=1S/C23H33N3O3S/c1-18(2)30(27,28)25(3)21-13-14-23(29-4)20(16-21)17-24-26-15-9-8-12-22(26)19-10-6-5-7-11-19/h5-7,10-11,13-14,16,18,22,24H,8-9,12,15,17H2,1-4H3. The Morgan fingerprint density at radius 2 is 1.90 bits per heavy atom. The fourth-order valence-corrected chi connectivity index (χ4v) is 4.93. The predicted octanol–water partition coefficient (Wildman–Crippen LogP) is 4.10. The van der Waals surface area contributed by atoms with Gasteiger partial charge in [0.2, 0.25) is 10.0 Å². The number of benzene rings is 2. The molecule has 2 aromatic rings. The second-order valence-corrected chi connectivity index (χ2v) is 10.5. The Morgan fingerprint density at radius 1 is 1.17 bits per heavy atom. The van der Waals surface area contributed by atoms with Gasteiger partial charge in [0, 0.05) is 31.7 Å². The molecule has 0 saturated carbocycles. The molecule has 164 valence electrons. The Kier molecular flexibility index (Phi) is 7.39. The molecule has 1 heterocycles. The lowest BCUT2D eigenvalue weighted by atomic mass is 9.97. The van der Waals surface area contributed by atoms with E-state index in [1.807, 2.05) is 18.2 Å². The maximum absolute atomic E-state index is 12.6. The fraction of sp³-hybridized carbons (Fsp3) is 0.478. The van der Waals surface area contributed by atoms with Crippen LogP contribution in [0.2, 0.25) is 0 Å². The zero-order chi connectivity index (χ0) is 21.7. The Hall–Kier alpha value is -2.09. The van der Waals surface area contributed by atoms with Crippen molar-refractivity contribution < 1.29 is 13.2 Å². The summed E-state index contributed by atoms with van der Waals surface area (Å²) in [6.45, 7) is 4.93. The van der Waals surface area contributed by atoms with Gasteiger partial charge >= 0.3 is 0 Å². The van der Waals surface area contributed by atoms with E-state index >= 15 is 0 Å². The van der Waals surface area contributed by atoms with Crippen molar-refractivity contribution in [1.29, 1.82) is 0 Å². The van der Waals surface area contributed by atoms with Crippen LogP contribution in [-0.2, 0) is 16.6 Å². The minimum absolute atomic E-state index is 0.332. The SMILES string of the molecule is COc1ccc(N(C)S(=O)(=O)C(C)C)cc1CNN1CCCCC1c1ccccc1. The van der Waals surface area contributed by atoms with E-state index in [1.54, 1.807) is 34.1 Å². The smallest absolute Gasteiger partial charge is 0.237 e. The molecular formula is C23H33N3O3S. The second-order valence-electron chi connectivity index (χ2n) is 8.01. The third kappa shape index (κ3) is 4.96. The molecule has 1 aliphatic heterocycles. The molecule has 0 spiro atoms. The van der Waals surface area contributed by atoms with Gasteiger partial charge in [-0.25, -0.2) is 13.4 Å². The predicted molar refractivity (Wildman–Crippen MR) is 122 cm³/mol. The molecule has 1 atom stereocenters. The van der Waals surface area contributed by atoms with Gasteiger partial charge in [-0.15, -0.1) is 0 Å². The Morgan fingerprint density at radius 3 is 2.57 bits per heavy atom. The first-order valence-electron chi connectivity index (χ1n) is 10.5. The van der Waals surface area contributed by atoms with Crippen molar-refractivity contribution in [3.63, 3.8) is 0 Å².